The lowest BCUT2D eigenvalue weighted by molar-refractivity contribution is -0.140. The van der Waals surface area contributed by atoms with Crippen LogP contribution in [0, 0.1) is 0 Å². The number of hydrogen-bond acceptors (Lipinski definition) is 5. The maximum Gasteiger partial charge on any atom is 0.424 e. The van der Waals surface area contributed by atoms with Crippen LogP contribution in [0.25, 0.3) is 0 Å². The summed E-state index contributed by atoms with van der Waals surface area (Å²) in [7, 11) is -2.96. The summed E-state index contributed by atoms with van der Waals surface area (Å²) in [6, 6.07) is -1.48. The Kier molecular flexibility index (Phi) is 5.94. The van der Waals surface area contributed by atoms with Crippen LogP contribution in [0.3, 0.4) is 0 Å². The average Bonchev–Trinajstić information content (AvgIpc) is 2.25. The Bertz CT molecular complexity index is 377. The molecule has 7 nitrogen and oxygen atoms in total. The van der Waals surface area contributed by atoms with Gasteiger partial charge in [0, 0.05) is 0 Å². The minimum Gasteiger partial charge on any atom is -0.480 e. The lowest BCUT2D eigenvalue weighted by Crippen LogP contribution is -2.47. The number of methoxy groups -OCH3 is 1. The number of sulfonamides is 1. The van der Waals surface area contributed by atoms with Gasteiger partial charge in [0.15, 0.2) is 0 Å². The topological polar surface area (TPSA) is 101 Å². The summed E-state index contributed by atoms with van der Waals surface area (Å²) in [4.78, 5) is 22.1. The number of hydrogen-bond donors (Lipinski definition) is 1. The zero-order valence-electron chi connectivity index (χ0n) is 10.0. The summed E-state index contributed by atoms with van der Waals surface area (Å²) in [5, 5.41) is 8.77. The second-order valence-corrected chi connectivity index (χ2v) is 5.42. The van der Waals surface area contributed by atoms with Gasteiger partial charge < -0.3 is 9.84 Å². The molecule has 0 aromatic carbocycles. The summed E-state index contributed by atoms with van der Waals surface area (Å²) in [5.41, 5.74) is 0. The van der Waals surface area contributed by atoms with E-state index in [4.69, 9.17) is 5.11 Å². The van der Waals surface area contributed by atoms with Crippen molar-refractivity contribution in [3.63, 3.8) is 0 Å². The van der Waals surface area contributed by atoms with E-state index in [9.17, 15) is 18.0 Å². The Hall–Kier alpha value is -1.31. The molecule has 8 heteroatoms. The molecule has 0 bridgehead atoms. The molecule has 0 heterocycles. The summed E-state index contributed by atoms with van der Waals surface area (Å²) in [6.45, 7) is 2.90. The Morgan fingerprint density at radius 1 is 1.41 bits per heavy atom. The van der Waals surface area contributed by atoms with Crippen molar-refractivity contribution in [3.05, 3.63) is 0 Å². The molecule has 1 amide bonds. The minimum absolute atomic E-state index is 0.269. The Morgan fingerprint density at radius 3 is 2.29 bits per heavy atom. The first-order valence-corrected chi connectivity index (χ1v) is 6.71. The normalized spacial score (nSPS) is 12.9. The highest BCUT2D eigenvalue weighted by atomic mass is 32.2. The van der Waals surface area contributed by atoms with E-state index in [2.05, 4.69) is 4.74 Å². The summed E-state index contributed by atoms with van der Waals surface area (Å²) in [6.07, 6.45) is -0.214. The van der Waals surface area contributed by atoms with E-state index in [-0.39, 0.29) is 10.1 Å². The van der Waals surface area contributed by atoms with Gasteiger partial charge in [-0.3, -0.25) is 0 Å². The van der Waals surface area contributed by atoms with Gasteiger partial charge in [0.1, 0.15) is 6.04 Å². The molecule has 0 aromatic rings. The fourth-order valence-electron chi connectivity index (χ4n) is 1.13. The Balaban J connectivity index is 5.18. The SMILES string of the molecule is CCCCS(=O)(=O)N(C(=O)OC)[C@H](C)C(=O)O. The van der Waals surface area contributed by atoms with Gasteiger partial charge in [0.25, 0.3) is 0 Å². The van der Waals surface area contributed by atoms with Crippen molar-refractivity contribution >= 4 is 22.1 Å². The largest absolute Gasteiger partial charge is 0.480 e. The van der Waals surface area contributed by atoms with Gasteiger partial charge in [0.2, 0.25) is 10.0 Å². The summed E-state index contributed by atoms with van der Waals surface area (Å²) >= 11 is 0. The third-order valence-corrected chi connectivity index (χ3v) is 3.99. The maximum absolute atomic E-state index is 11.8. The molecule has 0 aliphatic heterocycles. The van der Waals surface area contributed by atoms with Crippen LogP contribution in [0.1, 0.15) is 26.7 Å². The quantitative estimate of drug-likeness (QED) is 0.758. The van der Waals surface area contributed by atoms with Crippen molar-refractivity contribution in [1.29, 1.82) is 0 Å². The smallest absolute Gasteiger partial charge is 0.424 e. The highest BCUT2D eigenvalue weighted by molar-refractivity contribution is 7.89. The second-order valence-electron chi connectivity index (χ2n) is 3.45. The van der Waals surface area contributed by atoms with Crippen LogP contribution in [0.2, 0.25) is 0 Å². The molecule has 1 N–H and O–H groups in total. The molecule has 0 saturated carbocycles. The van der Waals surface area contributed by atoms with Crippen LogP contribution in [-0.2, 0) is 19.6 Å². The van der Waals surface area contributed by atoms with Crippen molar-refractivity contribution in [1.82, 2.24) is 4.31 Å². The molecule has 0 saturated heterocycles. The lowest BCUT2D eigenvalue weighted by Gasteiger charge is -2.24. The number of carbonyl (C=O) groups is 2. The molecule has 0 aliphatic rings. The van der Waals surface area contributed by atoms with Crippen molar-refractivity contribution in [2.24, 2.45) is 0 Å². The molecule has 17 heavy (non-hydrogen) atoms. The molecule has 100 valence electrons. The van der Waals surface area contributed by atoms with Crippen LogP contribution in [0.4, 0.5) is 4.79 Å². The lowest BCUT2D eigenvalue weighted by atomic mass is 10.3. The van der Waals surface area contributed by atoms with Crippen LogP contribution >= 0.6 is 0 Å². The number of carboxylic acids is 1. The predicted octanol–water partition coefficient (Wildman–Crippen LogP) is 0.658. The van der Waals surface area contributed by atoms with E-state index in [0.29, 0.717) is 12.8 Å². The number of carboxylic acid groups (broad SMARTS) is 1. The van der Waals surface area contributed by atoms with Gasteiger partial charge in [-0.25, -0.2) is 18.0 Å². The number of rotatable bonds is 6. The third-order valence-electron chi connectivity index (χ3n) is 2.12. The molecule has 0 unspecified atom stereocenters. The van der Waals surface area contributed by atoms with Gasteiger partial charge >= 0.3 is 12.1 Å². The second kappa shape index (κ2) is 6.43. The number of amides is 1. The molecule has 0 fully saturated rings. The van der Waals surface area contributed by atoms with Gasteiger partial charge in [-0.05, 0) is 13.3 Å². The van der Waals surface area contributed by atoms with E-state index in [1.54, 1.807) is 6.92 Å². The molecule has 1 atom stereocenters. The molecule has 0 aliphatic carbocycles. The number of unbranched alkanes of at least 4 members (excludes halogenated alkanes) is 1. The van der Waals surface area contributed by atoms with Crippen LogP contribution in [0.15, 0.2) is 0 Å². The van der Waals surface area contributed by atoms with Crippen LogP contribution in [0.5, 0.6) is 0 Å². The zero-order valence-corrected chi connectivity index (χ0v) is 10.9. The number of nitrogens with zero attached hydrogens (tertiary/aromatic N) is 1. The summed E-state index contributed by atoms with van der Waals surface area (Å²) in [5.74, 6) is -1.69. The van der Waals surface area contributed by atoms with E-state index < -0.39 is 28.1 Å². The first-order valence-electron chi connectivity index (χ1n) is 5.10. The zero-order chi connectivity index (χ0) is 13.6. The van der Waals surface area contributed by atoms with Crippen LogP contribution in [-0.4, -0.2) is 48.8 Å². The highest BCUT2D eigenvalue weighted by Crippen LogP contribution is 2.12. The first kappa shape index (κ1) is 15.7. The first-order chi connectivity index (χ1) is 7.77. The van der Waals surface area contributed by atoms with Gasteiger partial charge in [-0.1, -0.05) is 13.3 Å². The summed E-state index contributed by atoms with van der Waals surface area (Å²) < 4.78 is 28.2. The molecular weight excluding hydrogens is 250 g/mol. The van der Waals surface area contributed by atoms with E-state index >= 15 is 0 Å². The molecule has 0 radical (unpaired) electrons. The Labute approximate surface area is 100 Å². The minimum atomic E-state index is -3.96. The van der Waals surface area contributed by atoms with Crippen molar-refractivity contribution in [3.8, 4) is 0 Å². The maximum atomic E-state index is 11.8. The number of aliphatic carboxylic acids is 1. The number of ether oxygens (including phenoxy) is 1. The van der Waals surface area contributed by atoms with Gasteiger partial charge in [0.05, 0.1) is 12.9 Å². The van der Waals surface area contributed by atoms with Gasteiger partial charge in [-0.15, -0.1) is 0 Å². The molecule has 0 aromatic heterocycles. The van der Waals surface area contributed by atoms with E-state index in [1.165, 1.54) is 0 Å². The Morgan fingerprint density at radius 2 is 1.94 bits per heavy atom. The molecular formula is C9H17NO6S. The van der Waals surface area contributed by atoms with Gasteiger partial charge in [-0.2, -0.15) is 4.31 Å². The van der Waals surface area contributed by atoms with Crippen molar-refractivity contribution in [2.45, 2.75) is 32.7 Å². The standard InChI is InChI=1S/C9H17NO6S/c1-4-5-6-17(14,15)10(9(13)16-3)7(2)8(11)12/h7H,4-6H2,1-3H3,(H,11,12)/t7-/m1/s1. The fraction of sp³-hybridized carbons (Fsp3) is 0.778. The fourth-order valence-corrected chi connectivity index (χ4v) is 2.85. The highest BCUT2D eigenvalue weighted by Gasteiger charge is 2.36. The molecule has 0 spiro atoms. The predicted molar refractivity (Wildman–Crippen MR) is 60.0 cm³/mol. The molecule has 0 rings (SSSR count). The average molecular weight is 267 g/mol. The number of carbonyl (C=O) groups excluding carboxylic acids is 1. The van der Waals surface area contributed by atoms with E-state index in [0.717, 1.165) is 14.0 Å². The third kappa shape index (κ3) is 4.22. The van der Waals surface area contributed by atoms with Crippen LogP contribution < -0.4 is 0 Å². The van der Waals surface area contributed by atoms with E-state index in [1.807, 2.05) is 0 Å². The monoisotopic (exact) mass is 267 g/mol. The van der Waals surface area contributed by atoms with Crippen molar-refractivity contribution < 1.29 is 27.9 Å². The van der Waals surface area contributed by atoms with Crippen molar-refractivity contribution in [2.75, 3.05) is 12.9 Å².